The van der Waals surface area contributed by atoms with Crippen LogP contribution in [0.4, 0.5) is 5.82 Å². The SMILES string of the molecule is Nc1n[nH]c2c1CCn1cc(C(=O)C3CCCC3)cc1-2. The smallest absolute Gasteiger partial charge is 0.167 e. The minimum Gasteiger partial charge on any atom is -0.382 e. The molecule has 3 N–H and O–H groups in total. The van der Waals surface area contributed by atoms with Crippen LogP contribution in [0.1, 0.15) is 41.6 Å². The molecular weight excluding hydrogens is 252 g/mol. The molecule has 2 aromatic heterocycles. The first-order valence-electron chi connectivity index (χ1n) is 7.31. The first-order valence-corrected chi connectivity index (χ1v) is 7.31. The number of fused-ring (bicyclic) bond motifs is 3. The average Bonchev–Trinajstić information content (AvgIpc) is 3.16. The molecule has 4 rings (SSSR count). The zero-order valence-corrected chi connectivity index (χ0v) is 11.4. The summed E-state index contributed by atoms with van der Waals surface area (Å²) in [4.78, 5) is 12.5. The zero-order valence-electron chi connectivity index (χ0n) is 11.4. The minimum absolute atomic E-state index is 0.228. The van der Waals surface area contributed by atoms with Crippen molar-refractivity contribution in [2.75, 3.05) is 5.73 Å². The van der Waals surface area contributed by atoms with Gasteiger partial charge in [0.15, 0.2) is 5.78 Å². The molecular formula is C15H18N4O. The molecule has 0 aromatic carbocycles. The van der Waals surface area contributed by atoms with Gasteiger partial charge in [0.1, 0.15) is 5.82 Å². The largest absolute Gasteiger partial charge is 0.382 e. The number of Topliss-reactive ketones (excluding diaryl/α,β-unsaturated/α-hetero) is 1. The van der Waals surface area contributed by atoms with Crippen molar-refractivity contribution in [1.82, 2.24) is 14.8 Å². The molecule has 2 aliphatic rings. The quantitative estimate of drug-likeness (QED) is 0.823. The Bertz CT molecular complexity index is 676. The molecule has 20 heavy (non-hydrogen) atoms. The van der Waals surface area contributed by atoms with Crippen LogP contribution < -0.4 is 5.73 Å². The lowest BCUT2D eigenvalue weighted by Gasteiger charge is -2.14. The molecule has 0 unspecified atom stereocenters. The number of hydrogen-bond acceptors (Lipinski definition) is 3. The van der Waals surface area contributed by atoms with E-state index in [2.05, 4.69) is 14.8 Å². The van der Waals surface area contributed by atoms with Crippen molar-refractivity contribution in [3.8, 4) is 11.4 Å². The van der Waals surface area contributed by atoms with E-state index in [9.17, 15) is 4.79 Å². The maximum Gasteiger partial charge on any atom is 0.167 e. The number of nitrogens with two attached hydrogens (primary N) is 1. The summed E-state index contributed by atoms with van der Waals surface area (Å²) in [5.74, 6) is 1.11. The standard InChI is InChI=1S/C15H18N4O/c16-15-11-5-6-19-8-10(7-12(19)13(11)17-18-15)14(20)9-3-1-2-4-9/h7-9H,1-6H2,(H3,16,17,18). The van der Waals surface area contributed by atoms with E-state index < -0.39 is 0 Å². The summed E-state index contributed by atoms with van der Waals surface area (Å²) in [5, 5.41) is 7.08. The van der Waals surface area contributed by atoms with Crippen molar-refractivity contribution in [3.63, 3.8) is 0 Å². The van der Waals surface area contributed by atoms with Gasteiger partial charge in [0.05, 0.1) is 11.4 Å². The Labute approximate surface area is 117 Å². The molecule has 1 fully saturated rings. The van der Waals surface area contributed by atoms with Gasteiger partial charge in [-0.2, -0.15) is 5.10 Å². The fourth-order valence-corrected chi connectivity index (χ4v) is 3.54. The predicted octanol–water partition coefficient (Wildman–Crippen LogP) is 2.39. The van der Waals surface area contributed by atoms with E-state index in [0.29, 0.717) is 11.6 Å². The molecule has 0 radical (unpaired) electrons. The summed E-state index contributed by atoms with van der Waals surface area (Å²) in [7, 11) is 0. The third kappa shape index (κ3) is 1.62. The van der Waals surface area contributed by atoms with E-state index in [4.69, 9.17) is 5.73 Å². The lowest BCUT2D eigenvalue weighted by Crippen LogP contribution is -2.11. The van der Waals surface area contributed by atoms with Gasteiger partial charge in [0.2, 0.25) is 0 Å². The van der Waals surface area contributed by atoms with E-state index >= 15 is 0 Å². The highest BCUT2D eigenvalue weighted by Crippen LogP contribution is 2.34. The summed E-state index contributed by atoms with van der Waals surface area (Å²) < 4.78 is 2.14. The number of carbonyl (C=O) groups is 1. The number of carbonyl (C=O) groups excluding carboxylic acids is 1. The molecule has 1 saturated carbocycles. The highest BCUT2D eigenvalue weighted by Gasteiger charge is 2.27. The summed E-state index contributed by atoms with van der Waals surface area (Å²) >= 11 is 0. The van der Waals surface area contributed by atoms with Gasteiger partial charge in [0, 0.05) is 29.8 Å². The van der Waals surface area contributed by atoms with Crippen LogP contribution in [0, 0.1) is 5.92 Å². The maximum atomic E-state index is 12.5. The first kappa shape index (κ1) is 11.8. The monoisotopic (exact) mass is 270 g/mol. The van der Waals surface area contributed by atoms with Gasteiger partial charge in [-0.3, -0.25) is 9.89 Å². The van der Waals surface area contributed by atoms with Crippen LogP contribution in [0.25, 0.3) is 11.4 Å². The Hall–Kier alpha value is -2.04. The molecule has 0 spiro atoms. The van der Waals surface area contributed by atoms with Crippen LogP contribution in [0.2, 0.25) is 0 Å². The number of hydrogen-bond donors (Lipinski definition) is 2. The number of nitrogens with zero attached hydrogens (tertiary/aromatic N) is 2. The van der Waals surface area contributed by atoms with Crippen LogP contribution in [-0.2, 0) is 13.0 Å². The van der Waals surface area contributed by atoms with Gasteiger partial charge in [0.25, 0.3) is 0 Å². The minimum atomic E-state index is 0.228. The maximum absolute atomic E-state index is 12.5. The first-order chi connectivity index (χ1) is 9.74. The van der Waals surface area contributed by atoms with Crippen molar-refractivity contribution in [1.29, 1.82) is 0 Å². The van der Waals surface area contributed by atoms with E-state index in [1.54, 1.807) is 0 Å². The average molecular weight is 270 g/mol. The highest BCUT2D eigenvalue weighted by molar-refractivity contribution is 5.99. The highest BCUT2D eigenvalue weighted by atomic mass is 16.1. The number of anilines is 1. The number of rotatable bonds is 2. The van der Waals surface area contributed by atoms with Crippen LogP contribution in [0.15, 0.2) is 12.3 Å². The molecule has 2 aromatic rings. The summed E-state index contributed by atoms with van der Waals surface area (Å²) in [6, 6.07) is 2.00. The third-order valence-electron chi connectivity index (χ3n) is 4.67. The molecule has 1 aliphatic heterocycles. The van der Waals surface area contributed by atoms with E-state index in [1.807, 2.05) is 12.3 Å². The van der Waals surface area contributed by atoms with Gasteiger partial charge in [-0.25, -0.2) is 0 Å². The van der Waals surface area contributed by atoms with Crippen molar-refractivity contribution in [3.05, 3.63) is 23.4 Å². The Balaban J connectivity index is 1.73. The second-order valence-electron chi connectivity index (χ2n) is 5.87. The second kappa shape index (κ2) is 4.23. The normalized spacial score (nSPS) is 18.0. The van der Waals surface area contributed by atoms with Crippen molar-refractivity contribution >= 4 is 11.6 Å². The predicted molar refractivity (Wildman–Crippen MR) is 76.4 cm³/mol. The zero-order chi connectivity index (χ0) is 13.7. The molecule has 0 saturated heterocycles. The molecule has 5 heteroatoms. The number of nitrogens with one attached hydrogen (secondary N) is 1. The van der Waals surface area contributed by atoms with Gasteiger partial charge in [-0.05, 0) is 25.3 Å². The van der Waals surface area contributed by atoms with Crippen LogP contribution in [0.3, 0.4) is 0 Å². The summed E-state index contributed by atoms with van der Waals surface area (Å²) in [6.45, 7) is 0.865. The number of nitrogen functional groups attached to an aromatic ring is 1. The van der Waals surface area contributed by atoms with Crippen molar-refractivity contribution in [2.24, 2.45) is 5.92 Å². The van der Waals surface area contributed by atoms with E-state index in [0.717, 1.165) is 48.3 Å². The molecule has 0 bridgehead atoms. The molecule has 0 amide bonds. The summed E-state index contributed by atoms with van der Waals surface area (Å²) in [6.07, 6.45) is 7.33. The fraction of sp³-hybridized carbons (Fsp3) is 0.467. The van der Waals surface area contributed by atoms with Crippen LogP contribution >= 0.6 is 0 Å². The Kier molecular flexibility index (Phi) is 2.49. The fourth-order valence-electron chi connectivity index (χ4n) is 3.54. The van der Waals surface area contributed by atoms with Crippen LogP contribution in [-0.4, -0.2) is 20.5 Å². The van der Waals surface area contributed by atoms with Gasteiger partial charge in [-0.1, -0.05) is 12.8 Å². The van der Waals surface area contributed by atoms with Crippen molar-refractivity contribution in [2.45, 2.75) is 38.6 Å². The number of aromatic nitrogens is 3. The molecule has 0 atom stereocenters. The summed E-state index contributed by atoms with van der Waals surface area (Å²) in [5.41, 5.74) is 9.80. The molecule has 1 aliphatic carbocycles. The second-order valence-corrected chi connectivity index (χ2v) is 5.87. The lowest BCUT2D eigenvalue weighted by molar-refractivity contribution is 0.0923. The number of aryl methyl sites for hydroxylation is 1. The van der Waals surface area contributed by atoms with Gasteiger partial charge in [-0.15, -0.1) is 0 Å². The van der Waals surface area contributed by atoms with Gasteiger partial charge >= 0.3 is 0 Å². The van der Waals surface area contributed by atoms with Gasteiger partial charge < -0.3 is 10.3 Å². The lowest BCUT2D eigenvalue weighted by atomic mass is 9.98. The number of ketones is 1. The Morgan fingerprint density at radius 3 is 3.00 bits per heavy atom. The van der Waals surface area contributed by atoms with E-state index in [1.165, 1.54) is 12.8 Å². The molecule has 104 valence electrons. The molecule has 3 heterocycles. The molecule has 5 nitrogen and oxygen atoms in total. The third-order valence-corrected chi connectivity index (χ3v) is 4.67. The number of H-pyrrole nitrogens is 1. The van der Waals surface area contributed by atoms with E-state index in [-0.39, 0.29) is 5.92 Å². The van der Waals surface area contributed by atoms with Crippen LogP contribution in [0.5, 0.6) is 0 Å². The Morgan fingerprint density at radius 2 is 2.20 bits per heavy atom. The number of aromatic amines is 1. The topological polar surface area (TPSA) is 76.7 Å². The van der Waals surface area contributed by atoms with Crippen molar-refractivity contribution < 1.29 is 4.79 Å². The Morgan fingerprint density at radius 1 is 1.40 bits per heavy atom.